The first kappa shape index (κ1) is 32.4. The molecule has 10 atom stereocenters. The number of hydrogen-bond acceptors (Lipinski definition) is 12. The summed E-state index contributed by atoms with van der Waals surface area (Å²) in [5.41, 5.74) is 2.48. The molecule has 13 heteroatoms. The van der Waals surface area contributed by atoms with E-state index in [1.54, 1.807) is 13.0 Å². The molecule has 1 aliphatic carbocycles. The van der Waals surface area contributed by atoms with E-state index in [4.69, 9.17) is 18.9 Å². The third-order valence-corrected chi connectivity index (χ3v) is 8.94. The van der Waals surface area contributed by atoms with Crippen molar-refractivity contribution in [3.8, 4) is 11.5 Å². The summed E-state index contributed by atoms with van der Waals surface area (Å²) < 4.78 is 22.0. The molecule has 0 radical (unpaired) electrons. The van der Waals surface area contributed by atoms with E-state index in [1.165, 1.54) is 36.9 Å². The van der Waals surface area contributed by atoms with Gasteiger partial charge in [-0.1, -0.05) is 36.4 Å². The number of fused-ring (bicyclic) bond motifs is 1. The Balaban J connectivity index is 1.18. The van der Waals surface area contributed by atoms with Gasteiger partial charge in [-0.05, 0) is 54.2 Å². The summed E-state index contributed by atoms with van der Waals surface area (Å²) in [5, 5.41) is 67.5. The molecule has 2 saturated heterocycles. The maximum atomic E-state index is 12.9. The number of carbonyl (C=O) groups excluding carboxylic acids is 1. The Bertz CT molecular complexity index is 1370. The van der Waals surface area contributed by atoms with Crippen LogP contribution in [-0.4, -0.2) is 105 Å². The van der Waals surface area contributed by atoms with Crippen molar-refractivity contribution in [1.82, 2.24) is 5.32 Å². The third-order valence-electron chi connectivity index (χ3n) is 7.90. The van der Waals surface area contributed by atoms with Crippen molar-refractivity contribution >= 4 is 23.7 Å². The van der Waals surface area contributed by atoms with Gasteiger partial charge in [0.15, 0.2) is 11.5 Å². The number of phenols is 1. The lowest BCUT2D eigenvalue weighted by molar-refractivity contribution is -0.155. The van der Waals surface area contributed by atoms with Crippen molar-refractivity contribution in [3.63, 3.8) is 0 Å². The Hall–Kier alpha value is -2.98. The number of hydrogen-bond donors (Lipinski definition) is 7. The molecule has 2 heterocycles. The minimum atomic E-state index is -1.48. The predicted octanol–water partition coefficient (Wildman–Crippen LogP) is 0.781. The number of phenolic OH excluding ortho intramolecular Hbond substituents is 1. The van der Waals surface area contributed by atoms with Crippen molar-refractivity contribution in [2.45, 2.75) is 80.8 Å². The van der Waals surface area contributed by atoms with Crippen LogP contribution in [-0.2, 0) is 24.8 Å². The lowest BCUT2D eigenvalue weighted by Gasteiger charge is -2.41. The number of benzene rings is 2. The molecule has 5 rings (SSSR count). The van der Waals surface area contributed by atoms with E-state index in [9.17, 15) is 35.4 Å². The van der Waals surface area contributed by atoms with Crippen LogP contribution in [0.1, 0.15) is 25.0 Å². The Kier molecular flexibility index (Phi) is 10.3. The maximum Gasteiger partial charge on any atom is 0.247 e. The number of amides is 1. The molecule has 0 bridgehead atoms. The van der Waals surface area contributed by atoms with Crippen LogP contribution in [0, 0.1) is 0 Å². The Morgan fingerprint density at radius 2 is 1.66 bits per heavy atom. The van der Waals surface area contributed by atoms with Gasteiger partial charge in [0.05, 0.1) is 6.04 Å². The highest BCUT2D eigenvalue weighted by molar-refractivity contribution is 8.01. The van der Waals surface area contributed by atoms with Gasteiger partial charge in [0, 0.05) is 11.3 Å². The number of aromatic hydroxyl groups is 1. The van der Waals surface area contributed by atoms with E-state index in [-0.39, 0.29) is 23.9 Å². The molecule has 0 aromatic heterocycles. The van der Waals surface area contributed by atoms with Gasteiger partial charge in [0.1, 0.15) is 55.6 Å². The van der Waals surface area contributed by atoms with Crippen LogP contribution in [0.3, 0.4) is 0 Å². The molecule has 238 valence electrons. The molecule has 2 aromatic rings. The fraction of sp³-hybridized carbons (Fsp3) is 0.452. The maximum absolute atomic E-state index is 12.9. The zero-order chi connectivity index (χ0) is 31.5. The Morgan fingerprint density at radius 3 is 2.36 bits per heavy atom. The first-order valence-electron chi connectivity index (χ1n) is 14.1. The van der Waals surface area contributed by atoms with Crippen LogP contribution in [0.4, 0.5) is 0 Å². The first-order valence-corrected chi connectivity index (χ1v) is 15.2. The molecule has 7 N–H and O–H groups in total. The van der Waals surface area contributed by atoms with Crippen molar-refractivity contribution < 1.29 is 54.4 Å². The second-order valence-corrected chi connectivity index (χ2v) is 11.9. The Morgan fingerprint density at radius 1 is 0.955 bits per heavy atom. The number of ether oxygens (including phenoxy) is 4. The zero-order valence-corrected chi connectivity index (χ0v) is 24.9. The van der Waals surface area contributed by atoms with E-state index >= 15 is 0 Å². The summed E-state index contributed by atoms with van der Waals surface area (Å²) in [6.45, 7) is 3.16. The van der Waals surface area contributed by atoms with Gasteiger partial charge in [-0.2, -0.15) is 0 Å². The van der Waals surface area contributed by atoms with Crippen LogP contribution >= 0.6 is 11.8 Å². The first-order chi connectivity index (χ1) is 21.0. The van der Waals surface area contributed by atoms with Gasteiger partial charge >= 0.3 is 0 Å². The molecular weight excluding hydrogens is 594 g/mol. The average Bonchev–Trinajstić information content (AvgIpc) is 3.61. The van der Waals surface area contributed by atoms with Crippen molar-refractivity contribution in [3.05, 3.63) is 76.2 Å². The number of aliphatic hydroxyl groups is 5. The topological polar surface area (TPSA) is 187 Å². The van der Waals surface area contributed by atoms with Gasteiger partial charge in [0.25, 0.3) is 0 Å². The van der Waals surface area contributed by atoms with Gasteiger partial charge in [-0.25, -0.2) is 0 Å². The highest BCUT2D eigenvalue weighted by Crippen LogP contribution is 2.34. The molecule has 2 aliphatic heterocycles. The number of nitrogens with one attached hydrogen (secondary N) is 1. The summed E-state index contributed by atoms with van der Waals surface area (Å²) in [6.07, 6.45) is -9.13. The normalized spacial score (nSPS) is 34.1. The zero-order valence-electron chi connectivity index (χ0n) is 24.1. The number of aliphatic hydroxyl groups excluding tert-OH is 5. The molecule has 3 aliphatic rings. The van der Waals surface area contributed by atoms with Crippen molar-refractivity contribution in [2.24, 2.45) is 0 Å². The Labute approximate surface area is 258 Å². The van der Waals surface area contributed by atoms with Crippen LogP contribution in [0.5, 0.6) is 11.5 Å². The van der Waals surface area contributed by atoms with Crippen LogP contribution < -0.4 is 10.1 Å². The molecule has 0 spiro atoms. The summed E-state index contributed by atoms with van der Waals surface area (Å²) >= 11 is 1.54. The monoisotopic (exact) mass is 631 g/mol. The van der Waals surface area contributed by atoms with E-state index in [2.05, 4.69) is 5.32 Å². The molecule has 0 unspecified atom stereocenters. The van der Waals surface area contributed by atoms with E-state index < -0.39 is 67.1 Å². The van der Waals surface area contributed by atoms with Crippen LogP contribution in [0.15, 0.2) is 65.1 Å². The summed E-state index contributed by atoms with van der Waals surface area (Å²) in [4.78, 5) is 12.9. The lowest BCUT2D eigenvalue weighted by atomic mass is 9.83. The minimum absolute atomic E-state index is 0.00276. The van der Waals surface area contributed by atoms with Gasteiger partial charge in [-0.15, -0.1) is 11.8 Å². The summed E-state index contributed by atoms with van der Waals surface area (Å²) in [5.74, 6) is -0.183. The highest BCUT2D eigenvalue weighted by Gasteiger charge is 2.53. The number of thioether (sulfide) groups is 1. The van der Waals surface area contributed by atoms with Crippen molar-refractivity contribution in [2.75, 3.05) is 6.79 Å². The van der Waals surface area contributed by atoms with Gasteiger partial charge < -0.3 is 54.9 Å². The summed E-state index contributed by atoms with van der Waals surface area (Å²) in [6, 6.07) is 13.0. The number of rotatable bonds is 9. The second kappa shape index (κ2) is 14.0. The smallest absolute Gasteiger partial charge is 0.247 e. The molecule has 12 nitrogen and oxygen atoms in total. The minimum Gasteiger partial charge on any atom is -0.504 e. The summed E-state index contributed by atoms with van der Waals surface area (Å²) in [7, 11) is 0. The quantitative estimate of drug-likeness (QED) is 0.193. The van der Waals surface area contributed by atoms with Crippen LogP contribution in [0.25, 0.3) is 6.08 Å². The molecule has 2 aromatic carbocycles. The molecular formula is C31H37NO11S. The molecule has 1 amide bonds. The second-order valence-electron chi connectivity index (χ2n) is 11.1. The van der Waals surface area contributed by atoms with Gasteiger partial charge in [-0.3, -0.25) is 4.79 Å². The largest absolute Gasteiger partial charge is 0.504 e. The molecule has 3 fully saturated rings. The lowest BCUT2D eigenvalue weighted by Crippen LogP contribution is -2.67. The van der Waals surface area contributed by atoms with Crippen LogP contribution in [0.2, 0.25) is 0 Å². The standard InChI is InChI=1S/C31H37NO11S/c1-15(30(39)32-21-22(34)24(36)29-28(23(21)35)40-14-41-29)10-18-8-9-20(19(33)11-18)42-31-26(38)25(37)27(43-31)16(2)12-44-13-17-6-4-3-5-7-17/h3-12,21-29,31,33-38H,13-14H2,1-2H3,(H,32,39)/b15-10+,16-12+/t21-,22+,23-,24-,25+,26+,27-,28+,29-,31-/m1/s1. The van der Waals surface area contributed by atoms with Gasteiger partial charge in [0.2, 0.25) is 12.2 Å². The van der Waals surface area contributed by atoms with E-state index in [0.717, 1.165) is 11.3 Å². The highest BCUT2D eigenvalue weighted by atomic mass is 32.2. The fourth-order valence-corrected chi connectivity index (χ4v) is 6.28. The van der Waals surface area contributed by atoms with E-state index in [0.29, 0.717) is 11.1 Å². The van der Waals surface area contributed by atoms with Crippen molar-refractivity contribution in [1.29, 1.82) is 0 Å². The molecule has 44 heavy (non-hydrogen) atoms. The number of carbonyl (C=O) groups is 1. The predicted molar refractivity (Wildman–Crippen MR) is 159 cm³/mol. The average molecular weight is 632 g/mol. The third kappa shape index (κ3) is 6.96. The SMILES string of the molecule is C/C(=C\c1ccc(O[C@@H]2O[C@H](/C(C)=C/SCc3ccccc3)[C@@H](O)[C@@H]2O)c(O)c1)C(=O)N[C@@H]1[C@H](O)[C@@H](O)[C@H]2OCO[C@H]2[C@@H]1O. The van der Waals surface area contributed by atoms with E-state index in [1.807, 2.05) is 35.7 Å². The molecule has 1 saturated carbocycles. The fourth-order valence-electron chi connectivity index (χ4n) is 5.42.